The SMILES string of the molecule is CC1=[N+]2c3cncnc3[N+]3=C(C)c4cc(C)cc(C)c4O[Te]23(Cl)(Cl)Oc2c(C)cc(C)cc21. The zero-order valence-electron chi connectivity index (χ0n) is 19.2. The van der Waals surface area contributed by atoms with Crippen LogP contribution in [0.5, 0.6) is 11.5 Å². The molecule has 3 aliphatic rings. The molecule has 3 aromatic rings. The summed E-state index contributed by atoms with van der Waals surface area (Å²) < 4.78 is 17.5. The van der Waals surface area contributed by atoms with Crippen LogP contribution in [0.4, 0.5) is 11.5 Å². The number of nitrogens with zero attached hydrogens (tertiary/aromatic N) is 4. The van der Waals surface area contributed by atoms with Crippen LogP contribution in [-0.4, -0.2) is 41.6 Å². The molecule has 6 rings (SSSR count). The summed E-state index contributed by atoms with van der Waals surface area (Å²) in [7, 11) is 15.7. The Balaban J connectivity index is 1.87. The van der Waals surface area contributed by atoms with Gasteiger partial charge in [0.25, 0.3) is 0 Å². The van der Waals surface area contributed by atoms with E-state index in [0.717, 1.165) is 44.8 Å². The van der Waals surface area contributed by atoms with Crippen LogP contribution in [0, 0.1) is 27.7 Å². The van der Waals surface area contributed by atoms with E-state index in [0.29, 0.717) is 23.0 Å². The van der Waals surface area contributed by atoms with E-state index in [9.17, 15) is 0 Å². The van der Waals surface area contributed by atoms with E-state index in [1.807, 2.05) is 33.3 Å². The first-order chi connectivity index (χ1) is 15.4. The van der Waals surface area contributed by atoms with Crippen LogP contribution >= 0.6 is 17.9 Å². The molecular weight excluding hydrogens is 575 g/mol. The molecule has 0 amide bonds. The van der Waals surface area contributed by atoms with Gasteiger partial charge in [-0.05, 0) is 0 Å². The number of benzene rings is 2. The fraction of sp³-hybridized carbons (Fsp3) is 0.250. The average molecular weight is 599 g/mol. The minimum absolute atomic E-state index is 0.574. The normalized spacial score (nSPS) is 22.2. The second-order valence-corrected chi connectivity index (χ2v) is 28.3. The number of halogens is 2. The van der Waals surface area contributed by atoms with Crippen molar-refractivity contribution in [1.82, 2.24) is 9.97 Å². The van der Waals surface area contributed by atoms with Gasteiger partial charge >= 0.3 is 200 Å². The molecule has 0 atom stereocenters. The van der Waals surface area contributed by atoms with E-state index in [4.69, 9.17) is 24.1 Å². The molecular formula is C24H24Cl2N4O2Te+2. The monoisotopic (exact) mass is 600 g/mol. The third kappa shape index (κ3) is 2.37. The van der Waals surface area contributed by atoms with Crippen molar-refractivity contribution in [1.29, 1.82) is 0 Å². The van der Waals surface area contributed by atoms with Crippen molar-refractivity contribution in [2.75, 3.05) is 0 Å². The number of fused-ring (bicyclic) bond motifs is 5. The molecule has 9 heteroatoms. The summed E-state index contributed by atoms with van der Waals surface area (Å²) in [5.41, 5.74) is 8.32. The van der Waals surface area contributed by atoms with Crippen LogP contribution in [0.1, 0.15) is 47.2 Å². The van der Waals surface area contributed by atoms with Crippen LogP contribution in [0.15, 0.2) is 36.8 Å². The Morgan fingerprint density at radius 1 is 0.758 bits per heavy atom. The van der Waals surface area contributed by atoms with Crippen molar-refractivity contribution in [3.63, 3.8) is 0 Å². The first kappa shape index (κ1) is 21.4. The Bertz CT molecular complexity index is 1440. The van der Waals surface area contributed by atoms with E-state index >= 15 is 0 Å². The summed E-state index contributed by atoms with van der Waals surface area (Å²) in [6.07, 6.45) is 3.22. The quantitative estimate of drug-likeness (QED) is 0.315. The predicted molar refractivity (Wildman–Crippen MR) is 132 cm³/mol. The van der Waals surface area contributed by atoms with Gasteiger partial charge in [-0.15, -0.1) is 0 Å². The molecule has 0 saturated carbocycles. The van der Waals surface area contributed by atoms with Gasteiger partial charge < -0.3 is 0 Å². The first-order valence-corrected chi connectivity index (χ1v) is 20.5. The predicted octanol–water partition coefficient (Wildman–Crippen LogP) is 5.63. The number of hydrogen-bond donors (Lipinski definition) is 0. The summed E-state index contributed by atoms with van der Waals surface area (Å²) in [6, 6.07) is 8.30. The van der Waals surface area contributed by atoms with Gasteiger partial charge in [0.2, 0.25) is 0 Å². The molecule has 0 saturated heterocycles. The average Bonchev–Trinajstić information content (AvgIpc) is 2.93. The zero-order chi connectivity index (χ0) is 23.6. The van der Waals surface area contributed by atoms with Crippen molar-refractivity contribution in [2.24, 2.45) is 0 Å². The molecule has 0 N–H and O–H groups in total. The molecule has 3 aliphatic heterocycles. The maximum atomic E-state index is 7.87. The molecule has 0 unspecified atom stereocenters. The molecule has 0 radical (unpaired) electrons. The van der Waals surface area contributed by atoms with Gasteiger partial charge in [0.15, 0.2) is 0 Å². The number of rotatable bonds is 0. The van der Waals surface area contributed by atoms with Gasteiger partial charge in [0.05, 0.1) is 0 Å². The van der Waals surface area contributed by atoms with Gasteiger partial charge in [-0.2, -0.15) is 0 Å². The second kappa shape index (κ2) is 5.90. The van der Waals surface area contributed by atoms with Gasteiger partial charge in [-0.3, -0.25) is 0 Å². The minimum atomic E-state index is -6.42. The Hall–Kier alpha value is -2.17. The topological polar surface area (TPSA) is 50.3 Å². The fourth-order valence-electron chi connectivity index (χ4n) is 5.36. The first-order valence-electron chi connectivity index (χ1n) is 10.7. The molecule has 33 heavy (non-hydrogen) atoms. The van der Waals surface area contributed by atoms with E-state index in [1.165, 1.54) is 6.33 Å². The van der Waals surface area contributed by atoms with Crippen LogP contribution in [-0.2, 0) is 0 Å². The van der Waals surface area contributed by atoms with Gasteiger partial charge in [-0.25, -0.2) is 0 Å². The summed E-state index contributed by atoms with van der Waals surface area (Å²) >= 11 is -6.42. The Morgan fingerprint density at radius 2 is 1.27 bits per heavy atom. The third-order valence-corrected chi connectivity index (χ3v) is 21.7. The van der Waals surface area contributed by atoms with E-state index in [2.05, 4.69) is 48.1 Å². The fourth-order valence-corrected chi connectivity index (χ4v) is 23.0. The van der Waals surface area contributed by atoms with Crippen molar-refractivity contribution in [2.45, 2.75) is 41.5 Å². The van der Waals surface area contributed by atoms with Crippen molar-refractivity contribution < 1.29 is 11.9 Å². The molecule has 0 bridgehead atoms. The Labute approximate surface area is 199 Å². The molecule has 1 aromatic heterocycles. The second-order valence-electron chi connectivity index (χ2n) is 9.11. The van der Waals surface area contributed by atoms with Gasteiger partial charge in [0.1, 0.15) is 0 Å². The summed E-state index contributed by atoms with van der Waals surface area (Å²) in [5.74, 6) is 1.85. The molecule has 0 fully saturated rings. The van der Waals surface area contributed by atoms with E-state index in [-0.39, 0.29) is 0 Å². The third-order valence-electron chi connectivity index (χ3n) is 6.56. The Kier molecular flexibility index (Phi) is 3.82. The number of hydrogen-bond acceptors (Lipinski definition) is 4. The van der Waals surface area contributed by atoms with Crippen molar-refractivity contribution in [3.8, 4) is 11.5 Å². The van der Waals surface area contributed by atoms with E-state index < -0.39 is 14.6 Å². The maximum absolute atomic E-state index is 7.87. The molecule has 4 heterocycles. The van der Waals surface area contributed by atoms with Crippen molar-refractivity contribution >= 4 is 55.4 Å². The van der Waals surface area contributed by atoms with Gasteiger partial charge in [0, 0.05) is 0 Å². The zero-order valence-corrected chi connectivity index (χ0v) is 23.1. The van der Waals surface area contributed by atoms with Crippen LogP contribution in [0.3, 0.4) is 0 Å². The van der Waals surface area contributed by atoms with Crippen LogP contribution in [0.2, 0.25) is 0 Å². The summed E-state index contributed by atoms with van der Waals surface area (Å²) in [6.45, 7) is 12.1. The molecule has 1 spiro atoms. The van der Waals surface area contributed by atoms with Gasteiger partial charge in [-0.1, -0.05) is 0 Å². The molecule has 0 aliphatic carbocycles. The molecule has 170 valence electrons. The van der Waals surface area contributed by atoms with Crippen molar-refractivity contribution in [3.05, 3.63) is 70.2 Å². The Morgan fingerprint density at radius 3 is 1.82 bits per heavy atom. The standard InChI is InChI=1S/C24H24Cl2N4O2Te/c1-13-7-15(3)22-19(9-13)17(5)29-21-11-27-12-28-24(21)30-18(6)20-10-14(2)8-16(4)23(20)32-33(29,30,25,26)31-22/h7-12H,1-6H3/q+2. The summed E-state index contributed by atoms with van der Waals surface area (Å²) in [4.78, 5) is 8.91. The number of aryl methyl sites for hydroxylation is 4. The van der Waals surface area contributed by atoms with Crippen LogP contribution < -0.4 is 6.20 Å². The molecule has 6 nitrogen and oxygen atoms in total. The van der Waals surface area contributed by atoms with E-state index in [1.54, 1.807) is 6.20 Å². The van der Waals surface area contributed by atoms with Crippen LogP contribution in [0.25, 0.3) is 0 Å². The molecule has 2 aromatic carbocycles. The number of aromatic nitrogens is 2. The summed E-state index contributed by atoms with van der Waals surface area (Å²) in [5, 5.41) is 0.